The monoisotopic (exact) mass is 287 g/mol. The van der Waals surface area contributed by atoms with Gasteiger partial charge in [0.05, 0.1) is 6.04 Å². The van der Waals surface area contributed by atoms with E-state index in [1.54, 1.807) is 0 Å². The molecule has 0 radical (unpaired) electrons. The van der Waals surface area contributed by atoms with Crippen LogP contribution in [0.15, 0.2) is 28.2 Å². The molecule has 0 aromatic heterocycles. The molecule has 5 nitrogen and oxygen atoms in total. The van der Waals surface area contributed by atoms with Gasteiger partial charge in [0.2, 0.25) is 11.9 Å². The van der Waals surface area contributed by atoms with Crippen LogP contribution in [-0.2, 0) is 0 Å². The minimum absolute atomic E-state index is 0.262. The minimum Gasteiger partial charge on any atom is -0.369 e. The van der Waals surface area contributed by atoms with E-state index in [9.17, 15) is 0 Å². The lowest BCUT2D eigenvalue weighted by atomic mass is 9.96. The van der Waals surface area contributed by atoms with Crippen LogP contribution in [0, 0.1) is 13.8 Å². The Morgan fingerprint density at radius 3 is 2.33 bits per heavy atom. The quantitative estimate of drug-likeness (QED) is 0.577. The first kappa shape index (κ1) is 15.4. The van der Waals surface area contributed by atoms with Gasteiger partial charge in [-0.05, 0) is 37.8 Å². The van der Waals surface area contributed by atoms with Gasteiger partial charge in [0, 0.05) is 5.69 Å². The highest BCUT2D eigenvalue weighted by molar-refractivity contribution is 6.01. The molecular weight excluding hydrogens is 262 g/mol. The third kappa shape index (κ3) is 4.48. The Kier molecular flexibility index (Phi) is 5.20. The molecule has 0 atom stereocenters. The smallest absolute Gasteiger partial charge is 0.218 e. The second-order valence-corrected chi connectivity index (χ2v) is 5.67. The van der Waals surface area contributed by atoms with Crippen molar-refractivity contribution in [3.05, 3.63) is 29.3 Å². The summed E-state index contributed by atoms with van der Waals surface area (Å²) >= 11 is 0. The maximum Gasteiger partial charge on any atom is 0.218 e. The summed E-state index contributed by atoms with van der Waals surface area (Å²) in [6, 6.07) is 6.38. The topological polar surface area (TPSA) is 88.8 Å². The van der Waals surface area contributed by atoms with Crippen molar-refractivity contribution in [1.29, 1.82) is 0 Å². The molecule has 5 heteroatoms. The SMILES string of the molecule is Cc1cccc(C)c1N/C(N)=N/C(N)=NC1CCCCC1. The second kappa shape index (κ2) is 7.11. The highest BCUT2D eigenvalue weighted by Crippen LogP contribution is 2.20. The van der Waals surface area contributed by atoms with E-state index in [-0.39, 0.29) is 11.9 Å². The Labute approximate surface area is 126 Å². The van der Waals surface area contributed by atoms with Gasteiger partial charge in [-0.1, -0.05) is 37.5 Å². The predicted molar refractivity (Wildman–Crippen MR) is 89.7 cm³/mol. The molecule has 0 aliphatic heterocycles. The average Bonchev–Trinajstić information content (AvgIpc) is 2.44. The summed E-state index contributed by atoms with van der Waals surface area (Å²) in [5.41, 5.74) is 15.0. The highest BCUT2D eigenvalue weighted by atomic mass is 15.2. The van der Waals surface area contributed by atoms with Crippen molar-refractivity contribution in [2.75, 3.05) is 5.32 Å². The Morgan fingerprint density at radius 1 is 1.10 bits per heavy atom. The number of aryl methyl sites for hydroxylation is 2. The number of aliphatic imine (C=N–C) groups is 2. The maximum atomic E-state index is 5.93. The average molecular weight is 287 g/mol. The third-order valence-electron chi connectivity index (χ3n) is 3.86. The van der Waals surface area contributed by atoms with E-state index in [4.69, 9.17) is 11.5 Å². The van der Waals surface area contributed by atoms with Crippen molar-refractivity contribution >= 4 is 17.6 Å². The molecule has 0 heterocycles. The number of nitrogens with one attached hydrogen (secondary N) is 1. The number of anilines is 1. The molecule has 1 aromatic rings. The first-order valence-corrected chi connectivity index (χ1v) is 7.57. The van der Waals surface area contributed by atoms with Gasteiger partial charge in [-0.2, -0.15) is 4.99 Å². The largest absolute Gasteiger partial charge is 0.369 e. The van der Waals surface area contributed by atoms with Crippen LogP contribution in [0.4, 0.5) is 5.69 Å². The van der Waals surface area contributed by atoms with E-state index >= 15 is 0 Å². The first-order chi connectivity index (χ1) is 10.1. The van der Waals surface area contributed by atoms with Crippen molar-refractivity contribution in [3.8, 4) is 0 Å². The van der Waals surface area contributed by atoms with Crippen molar-refractivity contribution in [3.63, 3.8) is 0 Å². The molecule has 1 aliphatic carbocycles. The van der Waals surface area contributed by atoms with Crippen molar-refractivity contribution in [2.24, 2.45) is 21.5 Å². The number of nitrogens with two attached hydrogens (primary N) is 2. The van der Waals surface area contributed by atoms with Gasteiger partial charge in [0.15, 0.2) is 0 Å². The van der Waals surface area contributed by atoms with E-state index in [2.05, 4.69) is 15.3 Å². The number of nitrogens with zero attached hydrogens (tertiary/aromatic N) is 2. The second-order valence-electron chi connectivity index (χ2n) is 5.67. The van der Waals surface area contributed by atoms with Gasteiger partial charge in [-0.25, -0.2) is 4.99 Å². The van der Waals surface area contributed by atoms with Crippen LogP contribution in [-0.4, -0.2) is 18.0 Å². The van der Waals surface area contributed by atoms with E-state index < -0.39 is 0 Å². The molecule has 0 amide bonds. The van der Waals surface area contributed by atoms with Crippen molar-refractivity contribution in [2.45, 2.75) is 52.0 Å². The van der Waals surface area contributed by atoms with Gasteiger partial charge < -0.3 is 16.8 Å². The van der Waals surface area contributed by atoms with Crippen LogP contribution in [0.1, 0.15) is 43.2 Å². The number of para-hydroxylation sites is 1. The van der Waals surface area contributed by atoms with E-state index in [0.29, 0.717) is 6.04 Å². The van der Waals surface area contributed by atoms with E-state index in [0.717, 1.165) is 29.7 Å². The molecule has 1 saturated carbocycles. The summed E-state index contributed by atoms with van der Waals surface area (Å²) in [5.74, 6) is 0.544. The van der Waals surface area contributed by atoms with Crippen LogP contribution in [0.5, 0.6) is 0 Å². The minimum atomic E-state index is 0.262. The lowest BCUT2D eigenvalue weighted by molar-refractivity contribution is 0.443. The van der Waals surface area contributed by atoms with Gasteiger partial charge in [-0.15, -0.1) is 0 Å². The molecular formula is C16H25N5. The number of rotatable bonds is 2. The molecule has 1 fully saturated rings. The summed E-state index contributed by atoms with van der Waals surface area (Å²) in [7, 11) is 0. The molecule has 1 aliphatic rings. The van der Waals surface area contributed by atoms with Crippen LogP contribution < -0.4 is 16.8 Å². The summed E-state index contributed by atoms with van der Waals surface area (Å²) < 4.78 is 0. The fourth-order valence-corrected chi connectivity index (χ4v) is 2.72. The Hall–Kier alpha value is -2.04. The molecule has 0 unspecified atom stereocenters. The predicted octanol–water partition coefficient (Wildman–Crippen LogP) is 2.68. The van der Waals surface area contributed by atoms with Gasteiger partial charge in [0.25, 0.3) is 0 Å². The van der Waals surface area contributed by atoms with Crippen LogP contribution in [0.25, 0.3) is 0 Å². The van der Waals surface area contributed by atoms with Crippen LogP contribution in [0.3, 0.4) is 0 Å². The Balaban J connectivity index is 2.04. The zero-order chi connectivity index (χ0) is 15.2. The number of hydrogen-bond acceptors (Lipinski definition) is 1. The summed E-state index contributed by atoms with van der Waals surface area (Å²) in [6.45, 7) is 4.06. The lowest BCUT2D eigenvalue weighted by Crippen LogP contribution is -2.27. The van der Waals surface area contributed by atoms with E-state index in [1.807, 2.05) is 32.0 Å². The number of guanidine groups is 2. The Bertz CT molecular complexity index is 521. The standard InChI is InChI=1S/C16H25N5/c1-11-7-6-8-12(2)14(11)20-16(18)21-15(17)19-13-9-4-3-5-10-13/h6-8,13H,3-5,9-10H2,1-2H3,(H5,17,18,19,20,21). The fraction of sp³-hybridized carbons (Fsp3) is 0.500. The molecule has 0 saturated heterocycles. The zero-order valence-corrected chi connectivity index (χ0v) is 12.9. The first-order valence-electron chi connectivity index (χ1n) is 7.57. The fourth-order valence-electron chi connectivity index (χ4n) is 2.72. The zero-order valence-electron chi connectivity index (χ0n) is 12.9. The van der Waals surface area contributed by atoms with Crippen molar-refractivity contribution in [1.82, 2.24) is 0 Å². The lowest BCUT2D eigenvalue weighted by Gasteiger charge is -2.17. The van der Waals surface area contributed by atoms with Crippen molar-refractivity contribution < 1.29 is 0 Å². The van der Waals surface area contributed by atoms with Crippen LogP contribution in [0.2, 0.25) is 0 Å². The normalized spacial score (nSPS) is 17.8. The van der Waals surface area contributed by atoms with E-state index in [1.165, 1.54) is 19.3 Å². The molecule has 0 spiro atoms. The highest BCUT2D eigenvalue weighted by Gasteiger charge is 2.12. The Morgan fingerprint density at radius 2 is 1.71 bits per heavy atom. The number of hydrogen-bond donors (Lipinski definition) is 3. The van der Waals surface area contributed by atoms with Gasteiger partial charge in [0.1, 0.15) is 0 Å². The molecule has 2 rings (SSSR count). The van der Waals surface area contributed by atoms with Crippen LogP contribution >= 0.6 is 0 Å². The molecule has 0 bridgehead atoms. The summed E-state index contributed by atoms with van der Waals surface area (Å²) in [4.78, 5) is 8.61. The van der Waals surface area contributed by atoms with Gasteiger partial charge in [-0.3, -0.25) is 0 Å². The third-order valence-corrected chi connectivity index (χ3v) is 3.86. The molecule has 114 valence electrons. The van der Waals surface area contributed by atoms with Gasteiger partial charge >= 0.3 is 0 Å². The summed E-state index contributed by atoms with van der Waals surface area (Å²) in [6.07, 6.45) is 5.94. The summed E-state index contributed by atoms with van der Waals surface area (Å²) in [5, 5.41) is 3.11. The maximum absolute atomic E-state index is 5.93. The molecule has 5 N–H and O–H groups in total. The number of benzene rings is 1. The molecule has 21 heavy (non-hydrogen) atoms. The molecule has 1 aromatic carbocycles.